The van der Waals surface area contributed by atoms with Gasteiger partial charge in [-0.1, -0.05) is 48.3 Å². The third-order valence-electron chi connectivity index (χ3n) is 2.88. The van der Waals surface area contributed by atoms with Crippen LogP contribution in [0, 0.1) is 0 Å². The van der Waals surface area contributed by atoms with Crippen LogP contribution in [0.2, 0.25) is 10.0 Å². The summed E-state index contributed by atoms with van der Waals surface area (Å²) in [6.07, 6.45) is 0.849. The van der Waals surface area contributed by atoms with Crippen LogP contribution in [-0.2, 0) is 0 Å². The fourth-order valence-electron chi connectivity index (χ4n) is 1.77. The summed E-state index contributed by atoms with van der Waals surface area (Å²) in [5.74, 6) is 1.39. The Balaban J connectivity index is 2.30. The van der Waals surface area contributed by atoms with Gasteiger partial charge in [-0.2, -0.15) is 0 Å². The van der Waals surface area contributed by atoms with Gasteiger partial charge in [-0.25, -0.2) is 0 Å². The second-order valence-corrected chi connectivity index (χ2v) is 5.04. The quantitative estimate of drug-likeness (QED) is 0.842. The Morgan fingerprint density at radius 2 is 1.84 bits per heavy atom. The zero-order chi connectivity index (χ0) is 13.8. The van der Waals surface area contributed by atoms with Gasteiger partial charge < -0.3 is 10.5 Å². The summed E-state index contributed by atoms with van der Waals surface area (Å²) >= 11 is 11.9. The average molecular weight is 296 g/mol. The molecular formula is C15H15Cl2NO. The second kappa shape index (κ2) is 6.29. The van der Waals surface area contributed by atoms with Crippen molar-refractivity contribution in [1.29, 1.82) is 0 Å². The van der Waals surface area contributed by atoms with E-state index < -0.39 is 0 Å². The van der Waals surface area contributed by atoms with Crippen molar-refractivity contribution >= 4 is 23.2 Å². The molecule has 2 rings (SSSR count). The van der Waals surface area contributed by atoms with E-state index in [1.54, 1.807) is 18.2 Å². The van der Waals surface area contributed by atoms with E-state index in [1.807, 2.05) is 31.2 Å². The highest BCUT2D eigenvalue weighted by Gasteiger charge is 2.11. The molecule has 2 N–H and O–H groups in total. The van der Waals surface area contributed by atoms with Crippen molar-refractivity contribution in [1.82, 2.24) is 0 Å². The van der Waals surface area contributed by atoms with Gasteiger partial charge in [0.15, 0.2) is 0 Å². The Bertz CT molecular complexity index is 572. The summed E-state index contributed by atoms with van der Waals surface area (Å²) in [5, 5.41) is 0.976. The monoisotopic (exact) mass is 295 g/mol. The Kier molecular flexibility index (Phi) is 4.70. The number of halogens is 2. The van der Waals surface area contributed by atoms with E-state index in [1.165, 1.54) is 0 Å². The van der Waals surface area contributed by atoms with Gasteiger partial charge in [0.05, 0.1) is 10.0 Å². The Morgan fingerprint density at radius 1 is 1.11 bits per heavy atom. The summed E-state index contributed by atoms with van der Waals surface area (Å²) in [6, 6.07) is 12.9. The highest BCUT2D eigenvalue weighted by molar-refractivity contribution is 6.42. The molecule has 100 valence electrons. The lowest BCUT2D eigenvalue weighted by Crippen LogP contribution is -2.09. The first-order valence-electron chi connectivity index (χ1n) is 6.09. The van der Waals surface area contributed by atoms with Gasteiger partial charge in [0, 0.05) is 17.7 Å². The third-order valence-corrected chi connectivity index (χ3v) is 3.62. The first kappa shape index (κ1) is 14.2. The molecule has 19 heavy (non-hydrogen) atoms. The summed E-state index contributed by atoms with van der Waals surface area (Å²) in [5.41, 5.74) is 7.06. The van der Waals surface area contributed by atoms with Crippen LogP contribution >= 0.6 is 23.2 Å². The summed E-state index contributed by atoms with van der Waals surface area (Å²) in [4.78, 5) is 0. The number of ether oxygens (including phenoxy) is 1. The number of rotatable bonds is 4. The van der Waals surface area contributed by atoms with Gasteiger partial charge in [0.25, 0.3) is 0 Å². The average Bonchev–Trinajstić information content (AvgIpc) is 2.43. The first-order valence-corrected chi connectivity index (χ1v) is 6.84. The van der Waals surface area contributed by atoms with Crippen LogP contribution in [0.5, 0.6) is 11.5 Å². The van der Waals surface area contributed by atoms with Gasteiger partial charge in [-0.15, -0.1) is 0 Å². The van der Waals surface area contributed by atoms with Gasteiger partial charge in [-0.05, 0) is 24.6 Å². The molecule has 0 fully saturated rings. The van der Waals surface area contributed by atoms with Crippen LogP contribution in [0.3, 0.4) is 0 Å². The predicted molar refractivity (Wildman–Crippen MR) is 80.2 cm³/mol. The highest BCUT2D eigenvalue weighted by Crippen LogP contribution is 2.33. The molecule has 0 unspecified atom stereocenters. The minimum atomic E-state index is -0.0426. The van der Waals surface area contributed by atoms with Gasteiger partial charge in [-0.3, -0.25) is 0 Å². The van der Waals surface area contributed by atoms with Crippen molar-refractivity contribution in [3.8, 4) is 11.5 Å². The molecule has 0 saturated carbocycles. The molecule has 0 aromatic heterocycles. The van der Waals surface area contributed by atoms with Crippen molar-refractivity contribution in [3.05, 3.63) is 58.1 Å². The molecule has 2 aromatic carbocycles. The molecule has 0 amide bonds. The van der Waals surface area contributed by atoms with Crippen LogP contribution in [0.25, 0.3) is 0 Å². The van der Waals surface area contributed by atoms with Gasteiger partial charge in [0.1, 0.15) is 11.5 Å². The number of hydrogen-bond acceptors (Lipinski definition) is 2. The molecule has 0 aliphatic carbocycles. The lowest BCUT2D eigenvalue weighted by atomic mass is 10.0. The number of benzene rings is 2. The molecule has 2 nitrogen and oxygen atoms in total. The molecule has 1 atom stereocenters. The summed E-state index contributed by atoms with van der Waals surface area (Å²) in [7, 11) is 0. The largest absolute Gasteiger partial charge is 0.457 e. The molecule has 0 bridgehead atoms. The maximum Gasteiger partial charge on any atom is 0.132 e. The molecule has 0 saturated heterocycles. The standard InChI is InChI=1S/C15H15Cl2NO/c1-2-14(18)11-5-3-4-6-15(11)19-10-7-8-12(16)13(17)9-10/h3-9,14H,2,18H2,1H3/t14-/m0/s1. The van der Waals surface area contributed by atoms with E-state index >= 15 is 0 Å². The Labute approximate surface area is 123 Å². The molecule has 2 aromatic rings. The van der Waals surface area contributed by atoms with Crippen LogP contribution in [-0.4, -0.2) is 0 Å². The fraction of sp³-hybridized carbons (Fsp3) is 0.200. The van der Waals surface area contributed by atoms with Crippen molar-refractivity contribution in [2.24, 2.45) is 5.73 Å². The minimum Gasteiger partial charge on any atom is -0.457 e. The normalized spacial score (nSPS) is 12.2. The zero-order valence-corrected chi connectivity index (χ0v) is 12.1. The van der Waals surface area contributed by atoms with E-state index in [2.05, 4.69) is 0 Å². The molecule has 0 spiro atoms. The molecule has 0 heterocycles. The lowest BCUT2D eigenvalue weighted by molar-refractivity contribution is 0.469. The van der Waals surface area contributed by atoms with E-state index in [0.29, 0.717) is 15.8 Å². The second-order valence-electron chi connectivity index (χ2n) is 4.23. The maximum atomic E-state index is 6.08. The van der Waals surface area contributed by atoms with Crippen molar-refractivity contribution in [2.45, 2.75) is 19.4 Å². The van der Waals surface area contributed by atoms with Crippen LogP contribution in [0.4, 0.5) is 0 Å². The van der Waals surface area contributed by atoms with E-state index in [0.717, 1.165) is 17.7 Å². The zero-order valence-electron chi connectivity index (χ0n) is 10.6. The van der Waals surface area contributed by atoms with Crippen LogP contribution in [0.1, 0.15) is 24.9 Å². The van der Waals surface area contributed by atoms with Crippen molar-refractivity contribution in [3.63, 3.8) is 0 Å². The number of hydrogen-bond donors (Lipinski definition) is 1. The topological polar surface area (TPSA) is 35.2 Å². The summed E-state index contributed by atoms with van der Waals surface area (Å²) < 4.78 is 5.85. The van der Waals surface area contributed by atoms with Crippen molar-refractivity contribution in [2.75, 3.05) is 0 Å². The van der Waals surface area contributed by atoms with Crippen molar-refractivity contribution < 1.29 is 4.74 Å². The highest BCUT2D eigenvalue weighted by atomic mass is 35.5. The van der Waals surface area contributed by atoms with Crippen LogP contribution in [0.15, 0.2) is 42.5 Å². The van der Waals surface area contributed by atoms with E-state index in [9.17, 15) is 0 Å². The first-order chi connectivity index (χ1) is 9.11. The number of nitrogens with two attached hydrogens (primary N) is 1. The Hall–Kier alpha value is -1.22. The van der Waals surface area contributed by atoms with Crippen LogP contribution < -0.4 is 10.5 Å². The fourth-order valence-corrected chi connectivity index (χ4v) is 2.06. The molecule has 0 aliphatic rings. The molecular weight excluding hydrogens is 281 g/mol. The van der Waals surface area contributed by atoms with E-state index in [4.69, 9.17) is 33.7 Å². The van der Waals surface area contributed by atoms with Gasteiger partial charge >= 0.3 is 0 Å². The molecule has 4 heteroatoms. The number of para-hydroxylation sites is 1. The van der Waals surface area contributed by atoms with E-state index in [-0.39, 0.29) is 6.04 Å². The lowest BCUT2D eigenvalue weighted by Gasteiger charge is -2.15. The summed E-state index contributed by atoms with van der Waals surface area (Å²) in [6.45, 7) is 2.04. The SMILES string of the molecule is CC[C@H](N)c1ccccc1Oc1ccc(Cl)c(Cl)c1. The Morgan fingerprint density at radius 3 is 2.53 bits per heavy atom. The minimum absolute atomic E-state index is 0.0426. The predicted octanol–water partition coefficient (Wildman–Crippen LogP) is 5.20. The third kappa shape index (κ3) is 3.41. The smallest absolute Gasteiger partial charge is 0.132 e. The molecule has 0 radical (unpaired) electrons. The maximum absolute atomic E-state index is 6.08. The van der Waals surface area contributed by atoms with Gasteiger partial charge in [0.2, 0.25) is 0 Å². The molecule has 0 aliphatic heterocycles.